The van der Waals surface area contributed by atoms with Gasteiger partial charge in [-0.3, -0.25) is 24.4 Å². The SMILES string of the molecule is Cn1nc(C2CCC(=O)NC2=O)c2ccc(N3CCC(CN4CCC5(CC4)CCN(c4ncc(Cl)c(Nc6cc7c8c(c(=O)n(C)c7cc6F)OCC(F)(F)[C@H](C6CC6)N8)n4)CC5)CC3)cc21. The van der Waals surface area contributed by atoms with Crippen LogP contribution in [0.4, 0.5) is 42.0 Å². The van der Waals surface area contributed by atoms with Crippen molar-refractivity contribution in [3.8, 4) is 5.75 Å². The highest BCUT2D eigenvalue weighted by molar-refractivity contribution is 6.33. The second-order valence-electron chi connectivity index (χ2n) is 19.9. The summed E-state index contributed by atoms with van der Waals surface area (Å²) < 4.78 is 54.8. The number of alkyl halides is 2. The molecule has 354 valence electrons. The molecule has 5 fully saturated rings. The lowest BCUT2D eigenvalue weighted by Crippen LogP contribution is -2.48. The van der Waals surface area contributed by atoms with Crippen LogP contribution in [0.3, 0.4) is 0 Å². The monoisotopic (exact) mass is 941 g/mol. The normalized spacial score (nSPS) is 23.5. The predicted molar refractivity (Wildman–Crippen MR) is 250 cm³/mol. The Morgan fingerprint density at radius 2 is 1.64 bits per heavy atom. The zero-order valence-corrected chi connectivity index (χ0v) is 38.5. The Labute approximate surface area is 390 Å². The number of nitrogens with zero attached hydrogens (tertiary/aromatic N) is 8. The van der Waals surface area contributed by atoms with Gasteiger partial charge in [-0.25, -0.2) is 18.2 Å². The zero-order valence-electron chi connectivity index (χ0n) is 37.7. The second kappa shape index (κ2) is 16.9. The van der Waals surface area contributed by atoms with Crippen LogP contribution in [0.5, 0.6) is 5.75 Å². The number of carbonyl (C=O) groups excluding carboxylic acids is 2. The van der Waals surface area contributed by atoms with E-state index < -0.39 is 35.9 Å². The fourth-order valence-electron chi connectivity index (χ4n) is 11.4. The molecule has 2 aromatic carbocycles. The van der Waals surface area contributed by atoms with Crippen molar-refractivity contribution in [3.63, 3.8) is 0 Å². The lowest BCUT2D eigenvalue weighted by Gasteiger charge is -2.47. The number of ether oxygens (including phenoxy) is 1. The van der Waals surface area contributed by atoms with Crippen LogP contribution in [0.2, 0.25) is 5.02 Å². The first-order chi connectivity index (χ1) is 32.2. The number of likely N-dealkylation sites (tertiary alicyclic amines) is 1. The molecule has 1 saturated carbocycles. The van der Waals surface area contributed by atoms with Crippen molar-refractivity contribution in [2.24, 2.45) is 31.3 Å². The number of benzene rings is 2. The highest BCUT2D eigenvalue weighted by Gasteiger charge is 2.51. The third-order valence-electron chi connectivity index (χ3n) is 15.6. The molecule has 1 spiro atoms. The summed E-state index contributed by atoms with van der Waals surface area (Å²) in [7, 11) is 3.38. The van der Waals surface area contributed by atoms with E-state index in [1.54, 1.807) is 0 Å². The number of nitrogens with one attached hydrogen (secondary N) is 3. The van der Waals surface area contributed by atoms with E-state index in [0.29, 0.717) is 42.9 Å². The number of pyridine rings is 1. The molecular formula is C48H55ClF3N11O4. The molecule has 15 nitrogen and oxygen atoms in total. The average molecular weight is 942 g/mol. The van der Waals surface area contributed by atoms with Crippen LogP contribution < -0.4 is 36.0 Å². The molecule has 3 aromatic heterocycles. The van der Waals surface area contributed by atoms with Gasteiger partial charge in [-0.1, -0.05) is 11.6 Å². The Bertz CT molecular complexity index is 2840. The highest BCUT2D eigenvalue weighted by atomic mass is 35.5. The van der Waals surface area contributed by atoms with Crippen LogP contribution in [0.15, 0.2) is 41.3 Å². The van der Waals surface area contributed by atoms with Crippen molar-refractivity contribution in [3.05, 3.63) is 63.4 Å². The minimum atomic E-state index is -3.20. The first kappa shape index (κ1) is 43.9. The van der Waals surface area contributed by atoms with Crippen molar-refractivity contribution >= 4 is 74.0 Å². The van der Waals surface area contributed by atoms with E-state index in [-0.39, 0.29) is 56.6 Å². The highest BCUT2D eigenvalue weighted by Crippen LogP contribution is 2.47. The molecule has 2 amide bonds. The standard InChI is InChI=1S/C48H55ClF3N11O4/c1-59-36-23-34(50)35(22-32(36)40-41(45(59)66)67-26-48(51,52)42(56-40)28-3-4-28)54-43-33(49)24-53-46(57-43)63-19-13-47(14-20-63)11-17-61(18-12-47)25-27-9-15-62(16-10-27)29-5-6-30-37(21-29)60(2)58-39(30)31-7-8-38(64)55-44(31)65/h5-6,21-24,27-28,31,42,56H,3-4,7-20,25-26H2,1-2H3,(H,53,54,57)(H,55,64,65)/t31?,42-/m0/s1. The zero-order chi connectivity index (χ0) is 46.4. The third-order valence-corrected chi connectivity index (χ3v) is 15.9. The number of hydrogen-bond acceptors (Lipinski definition) is 12. The number of hydrogen-bond donors (Lipinski definition) is 3. The number of piperidine rings is 4. The first-order valence-corrected chi connectivity index (χ1v) is 24.1. The topological polar surface area (TPSA) is 155 Å². The molecule has 5 aromatic rings. The Hall–Kier alpha value is -5.62. The second-order valence-corrected chi connectivity index (χ2v) is 20.3. The van der Waals surface area contributed by atoms with Gasteiger partial charge in [0.2, 0.25) is 23.5 Å². The summed E-state index contributed by atoms with van der Waals surface area (Å²) in [6, 6.07) is 7.88. The molecule has 3 N–H and O–H groups in total. The van der Waals surface area contributed by atoms with Crippen molar-refractivity contribution in [1.82, 2.24) is 34.5 Å². The van der Waals surface area contributed by atoms with Crippen LogP contribution in [0.25, 0.3) is 21.8 Å². The minimum Gasteiger partial charge on any atom is -0.480 e. The number of rotatable bonds is 8. The molecule has 0 bridgehead atoms. The van der Waals surface area contributed by atoms with Gasteiger partial charge in [0.25, 0.3) is 5.56 Å². The maximum Gasteiger partial charge on any atom is 0.301 e. The van der Waals surface area contributed by atoms with E-state index in [9.17, 15) is 14.4 Å². The summed E-state index contributed by atoms with van der Waals surface area (Å²) in [5.74, 6) is -3.91. The molecule has 5 aliphatic heterocycles. The maximum absolute atomic E-state index is 15.8. The Kier molecular flexibility index (Phi) is 11.1. The molecule has 19 heteroatoms. The van der Waals surface area contributed by atoms with E-state index in [2.05, 4.69) is 53.8 Å². The summed E-state index contributed by atoms with van der Waals surface area (Å²) in [6.07, 6.45) is 10.2. The van der Waals surface area contributed by atoms with Gasteiger partial charge in [-0.15, -0.1) is 0 Å². The van der Waals surface area contributed by atoms with E-state index in [0.717, 1.165) is 101 Å². The van der Waals surface area contributed by atoms with Gasteiger partial charge in [-0.05, 0) is 112 Å². The first-order valence-electron chi connectivity index (χ1n) is 23.7. The third kappa shape index (κ3) is 8.20. The fraction of sp³-hybridized carbons (Fsp3) is 0.542. The maximum atomic E-state index is 15.8. The molecule has 4 saturated heterocycles. The number of imide groups is 1. The number of carbonyl (C=O) groups is 2. The largest absolute Gasteiger partial charge is 0.480 e. The molecule has 11 rings (SSSR count). The van der Waals surface area contributed by atoms with Crippen molar-refractivity contribution in [2.75, 3.05) is 72.9 Å². The lowest BCUT2D eigenvalue weighted by atomic mass is 9.71. The Balaban J connectivity index is 0.695. The number of aryl methyl sites for hydroxylation is 2. The van der Waals surface area contributed by atoms with Gasteiger partial charge < -0.3 is 34.6 Å². The number of anilines is 5. The Morgan fingerprint density at radius 3 is 2.37 bits per heavy atom. The quantitative estimate of drug-likeness (QED) is 0.136. The van der Waals surface area contributed by atoms with Gasteiger partial charge in [0, 0.05) is 75.8 Å². The van der Waals surface area contributed by atoms with E-state index in [4.69, 9.17) is 26.4 Å². The summed E-state index contributed by atoms with van der Waals surface area (Å²) >= 11 is 6.60. The summed E-state index contributed by atoms with van der Waals surface area (Å²) in [4.78, 5) is 54.2. The van der Waals surface area contributed by atoms with Crippen molar-refractivity contribution in [1.29, 1.82) is 0 Å². The van der Waals surface area contributed by atoms with Gasteiger partial charge in [0.05, 0.1) is 46.3 Å². The van der Waals surface area contributed by atoms with Crippen LogP contribution in [0, 0.1) is 23.1 Å². The van der Waals surface area contributed by atoms with E-state index >= 15 is 13.2 Å². The number of fused-ring (bicyclic) bond motifs is 4. The minimum absolute atomic E-state index is 0.0155. The molecular weight excluding hydrogens is 887 g/mol. The van der Waals surface area contributed by atoms with Crippen LogP contribution in [0.1, 0.15) is 75.8 Å². The molecule has 8 heterocycles. The van der Waals surface area contributed by atoms with Crippen LogP contribution in [-0.4, -0.2) is 105 Å². The molecule has 67 heavy (non-hydrogen) atoms. The number of aromatic nitrogens is 5. The Morgan fingerprint density at radius 1 is 0.896 bits per heavy atom. The van der Waals surface area contributed by atoms with Gasteiger partial charge >= 0.3 is 5.92 Å². The summed E-state index contributed by atoms with van der Waals surface area (Å²) in [5.41, 5.74) is 2.90. The van der Waals surface area contributed by atoms with Gasteiger partial charge in [-0.2, -0.15) is 10.1 Å². The molecule has 0 radical (unpaired) electrons. The average Bonchev–Trinajstić information content (AvgIpc) is 4.12. The van der Waals surface area contributed by atoms with Gasteiger partial charge in [0.15, 0.2) is 12.4 Å². The summed E-state index contributed by atoms with van der Waals surface area (Å²) in [5, 5.41) is 14.7. The predicted octanol–water partition coefficient (Wildman–Crippen LogP) is 7.09. The van der Waals surface area contributed by atoms with Crippen LogP contribution in [-0.2, 0) is 23.7 Å². The number of halogens is 4. The van der Waals surface area contributed by atoms with E-state index in [1.807, 2.05) is 11.7 Å². The molecule has 2 atom stereocenters. The van der Waals surface area contributed by atoms with E-state index in [1.165, 1.54) is 35.6 Å². The van der Waals surface area contributed by atoms with Gasteiger partial charge in [0.1, 0.15) is 10.8 Å². The lowest BCUT2D eigenvalue weighted by molar-refractivity contribution is -0.134. The molecule has 1 unspecified atom stereocenters. The van der Waals surface area contributed by atoms with Crippen molar-refractivity contribution < 1.29 is 27.5 Å². The molecule has 1 aliphatic carbocycles. The van der Waals surface area contributed by atoms with Crippen LogP contribution >= 0.6 is 11.6 Å². The fourth-order valence-corrected chi connectivity index (χ4v) is 11.5. The number of amides is 2. The van der Waals surface area contributed by atoms with Crippen molar-refractivity contribution in [2.45, 2.75) is 82.1 Å². The summed E-state index contributed by atoms with van der Waals surface area (Å²) in [6.45, 7) is 5.90. The smallest absolute Gasteiger partial charge is 0.301 e. The molecule has 6 aliphatic rings.